The molecule has 17 heavy (non-hydrogen) atoms. The van der Waals surface area contributed by atoms with E-state index in [9.17, 15) is 18.0 Å². The number of carbonyl (C=O) groups excluding carboxylic acids is 1. The minimum Gasteiger partial charge on any atom is -0.293 e. The Bertz CT molecular complexity index is 430. The monoisotopic (exact) mass is 242 g/mol. The second kappa shape index (κ2) is 4.35. The van der Waals surface area contributed by atoms with E-state index >= 15 is 0 Å². The van der Waals surface area contributed by atoms with Crippen molar-refractivity contribution in [3.05, 3.63) is 48.0 Å². The van der Waals surface area contributed by atoms with E-state index < -0.39 is 22.9 Å². The molecule has 1 aromatic rings. The van der Waals surface area contributed by atoms with Gasteiger partial charge in [0.25, 0.3) is 0 Å². The van der Waals surface area contributed by atoms with Gasteiger partial charge >= 0.3 is 6.18 Å². The Labute approximate surface area is 98.0 Å². The molecule has 1 rings (SSSR count). The summed E-state index contributed by atoms with van der Waals surface area (Å²) in [6.45, 7) is 5.47. The van der Waals surface area contributed by atoms with E-state index in [1.165, 1.54) is 26.0 Å². The Morgan fingerprint density at radius 2 is 1.59 bits per heavy atom. The molecule has 0 unspecified atom stereocenters. The zero-order valence-electron chi connectivity index (χ0n) is 9.64. The maximum absolute atomic E-state index is 12.6. The number of Topliss-reactive ketones (excluding diaryl/α,β-unsaturated/α-hetero) is 1. The first-order chi connectivity index (χ1) is 7.67. The molecule has 0 spiro atoms. The van der Waals surface area contributed by atoms with Crippen LogP contribution in [0.5, 0.6) is 0 Å². The quantitative estimate of drug-likeness (QED) is 0.578. The number of hydrogen-bond donors (Lipinski definition) is 0. The molecule has 0 aromatic heterocycles. The summed E-state index contributed by atoms with van der Waals surface area (Å²) in [5.74, 6) is -0.583. The molecule has 0 fully saturated rings. The SMILES string of the molecule is C=C(C(F)(F)F)C(C)(C)C(=O)c1ccccc1. The summed E-state index contributed by atoms with van der Waals surface area (Å²) >= 11 is 0. The van der Waals surface area contributed by atoms with Gasteiger partial charge in [-0.05, 0) is 13.8 Å². The van der Waals surface area contributed by atoms with E-state index in [2.05, 4.69) is 6.58 Å². The smallest absolute Gasteiger partial charge is 0.293 e. The molecule has 0 heterocycles. The molecule has 1 nitrogen and oxygen atoms in total. The third kappa shape index (κ3) is 2.75. The Morgan fingerprint density at radius 3 is 2.00 bits per heavy atom. The van der Waals surface area contributed by atoms with Crippen molar-refractivity contribution in [2.24, 2.45) is 5.41 Å². The Hall–Kier alpha value is -1.58. The summed E-state index contributed by atoms with van der Waals surface area (Å²) in [7, 11) is 0. The van der Waals surface area contributed by atoms with Crippen molar-refractivity contribution < 1.29 is 18.0 Å². The fourth-order valence-corrected chi connectivity index (χ4v) is 1.44. The van der Waals surface area contributed by atoms with Crippen LogP contribution in [0.25, 0.3) is 0 Å². The number of rotatable bonds is 3. The topological polar surface area (TPSA) is 17.1 Å². The number of benzene rings is 1. The number of allylic oxidation sites excluding steroid dienone is 1. The number of hydrogen-bond acceptors (Lipinski definition) is 1. The van der Waals surface area contributed by atoms with Crippen molar-refractivity contribution in [2.75, 3.05) is 0 Å². The molecule has 0 bridgehead atoms. The standard InChI is InChI=1S/C13H13F3O/c1-9(13(14,15)16)12(2,3)11(17)10-7-5-4-6-8-10/h4-8H,1H2,2-3H3. The van der Waals surface area contributed by atoms with E-state index in [-0.39, 0.29) is 5.56 Å². The van der Waals surface area contributed by atoms with Gasteiger partial charge in [-0.3, -0.25) is 4.79 Å². The summed E-state index contributed by atoms with van der Waals surface area (Å²) < 4.78 is 37.7. The Balaban J connectivity index is 3.08. The predicted octanol–water partition coefficient (Wildman–Crippen LogP) is 4.01. The third-order valence-corrected chi connectivity index (χ3v) is 2.70. The lowest BCUT2D eigenvalue weighted by atomic mass is 9.78. The van der Waals surface area contributed by atoms with Crippen LogP contribution in [-0.2, 0) is 0 Å². The fraction of sp³-hybridized carbons (Fsp3) is 0.308. The van der Waals surface area contributed by atoms with Gasteiger partial charge < -0.3 is 0 Å². The molecule has 0 aliphatic carbocycles. The first-order valence-corrected chi connectivity index (χ1v) is 5.04. The lowest BCUT2D eigenvalue weighted by molar-refractivity contribution is -0.102. The highest BCUT2D eigenvalue weighted by Gasteiger charge is 2.45. The molecular weight excluding hydrogens is 229 g/mol. The van der Waals surface area contributed by atoms with Gasteiger partial charge in [-0.15, -0.1) is 0 Å². The lowest BCUT2D eigenvalue weighted by Crippen LogP contribution is -2.33. The summed E-state index contributed by atoms with van der Waals surface area (Å²) in [5, 5.41) is 0. The van der Waals surface area contributed by atoms with Gasteiger partial charge in [-0.25, -0.2) is 0 Å². The van der Waals surface area contributed by atoms with Crippen LogP contribution in [0.2, 0.25) is 0 Å². The van der Waals surface area contributed by atoms with E-state index in [0.717, 1.165) is 0 Å². The minimum absolute atomic E-state index is 0.253. The van der Waals surface area contributed by atoms with Crippen molar-refractivity contribution in [3.8, 4) is 0 Å². The summed E-state index contributed by atoms with van der Waals surface area (Å²) in [6.07, 6.45) is -4.56. The lowest BCUT2D eigenvalue weighted by Gasteiger charge is -2.27. The molecule has 0 atom stereocenters. The molecule has 0 saturated carbocycles. The van der Waals surface area contributed by atoms with Crippen molar-refractivity contribution in [1.82, 2.24) is 0 Å². The number of carbonyl (C=O) groups is 1. The Kier molecular flexibility index (Phi) is 3.45. The molecular formula is C13H13F3O. The van der Waals surface area contributed by atoms with Crippen LogP contribution in [0, 0.1) is 5.41 Å². The average Bonchev–Trinajstić information content (AvgIpc) is 2.27. The minimum atomic E-state index is -4.56. The molecule has 92 valence electrons. The van der Waals surface area contributed by atoms with Gasteiger partial charge in [-0.1, -0.05) is 36.9 Å². The zero-order valence-corrected chi connectivity index (χ0v) is 9.64. The van der Waals surface area contributed by atoms with Crippen LogP contribution >= 0.6 is 0 Å². The maximum atomic E-state index is 12.6. The van der Waals surface area contributed by atoms with Gasteiger partial charge in [0, 0.05) is 11.1 Å². The van der Waals surface area contributed by atoms with Crippen LogP contribution in [0.15, 0.2) is 42.5 Å². The summed E-state index contributed by atoms with van der Waals surface area (Å²) in [4.78, 5) is 12.0. The van der Waals surface area contributed by atoms with Crippen LogP contribution in [0.1, 0.15) is 24.2 Å². The molecule has 0 aliphatic heterocycles. The van der Waals surface area contributed by atoms with Gasteiger partial charge in [0.2, 0.25) is 0 Å². The second-order valence-electron chi connectivity index (χ2n) is 4.30. The Morgan fingerprint density at radius 1 is 1.12 bits per heavy atom. The van der Waals surface area contributed by atoms with E-state index in [1.807, 2.05) is 0 Å². The van der Waals surface area contributed by atoms with Gasteiger partial charge in [-0.2, -0.15) is 13.2 Å². The van der Waals surface area contributed by atoms with Crippen LogP contribution in [0.4, 0.5) is 13.2 Å². The van der Waals surface area contributed by atoms with E-state index in [1.54, 1.807) is 18.2 Å². The number of halogens is 3. The second-order valence-corrected chi connectivity index (χ2v) is 4.30. The highest BCUT2D eigenvalue weighted by Crippen LogP contribution is 2.39. The van der Waals surface area contributed by atoms with Crippen molar-refractivity contribution in [2.45, 2.75) is 20.0 Å². The number of alkyl halides is 3. The van der Waals surface area contributed by atoms with E-state index in [0.29, 0.717) is 0 Å². The fourth-order valence-electron chi connectivity index (χ4n) is 1.44. The van der Waals surface area contributed by atoms with Crippen LogP contribution in [0.3, 0.4) is 0 Å². The first-order valence-electron chi connectivity index (χ1n) is 5.04. The van der Waals surface area contributed by atoms with Crippen molar-refractivity contribution >= 4 is 5.78 Å². The number of ketones is 1. The van der Waals surface area contributed by atoms with Crippen molar-refractivity contribution in [3.63, 3.8) is 0 Å². The molecule has 1 aromatic carbocycles. The predicted molar refractivity (Wildman–Crippen MR) is 59.7 cm³/mol. The van der Waals surface area contributed by atoms with Gasteiger partial charge in [0.1, 0.15) is 0 Å². The third-order valence-electron chi connectivity index (χ3n) is 2.70. The van der Waals surface area contributed by atoms with E-state index in [4.69, 9.17) is 0 Å². The van der Waals surface area contributed by atoms with Crippen LogP contribution < -0.4 is 0 Å². The van der Waals surface area contributed by atoms with Gasteiger partial charge in [0.05, 0.1) is 5.41 Å². The normalized spacial score (nSPS) is 12.3. The summed E-state index contributed by atoms with van der Waals surface area (Å²) in [5.41, 5.74) is -2.43. The molecule has 0 N–H and O–H groups in total. The largest absolute Gasteiger partial charge is 0.413 e. The molecule has 4 heteroatoms. The van der Waals surface area contributed by atoms with Crippen molar-refractivity contribution in [1.29, 1.82) is 0 Å². The highest BCUT2D eigenvalue weighted by atomic mass is 19.4. The van der Waals surface area contributed by atoms with Crippen LogP contribution in [-0.4, -0.2) is 12.0 Å². The summed E-state index contributed by atoms with van der Waals surface area (Å²) in [6, 6.07) is 7.91. The molecule has 0 aliphatic rings. The van der Waals surface area contributed by atoms with Gasteiger partial charge in [0.15, 0.2) is 5.78 Å². The molecule has 0 radical (unpaired) electrons. The maximum Gasteiger partial charge on any atom is 0.413 e. The molecule has 0 saturated heterocycles. The first kappa shape index (κ1) is 13.5. The molecule has 0 amide bonds. The zero-order chi connectivity index (χ0) is 13.3. The average molecular weight is 242 g/mol. The highest BCUT2D eigenvalue weighted by molar-refractivity contribution is 6.02.